The fourth-order valence-electron chi connectivity index (χ4n) is 2.15. The first-order valence-corrected chi connectivity index (χ1v) is 7.51. The summed E-state index contributed by atoms with van der Waals surface area (Å²) in [6.07, 6.45) is 4.32. The van der Waals surface area contributed by atoms with Gasteiger partial charge in [-0.25, -0.2) is 19.9 Å². The Morgan fingerprint density at radius 3 is 2.80 bits per heavy atom. The first-order valence-electron chi connectivity index (χ1n) is 6.70. The normalized spacial score (nSPS) is 18.4. The predicted molar refractivity (Wildman–Crippen MR) is 73.7 cm³/mol. The average Bonchev–Trinajstić information content (AvgIpc) is 3.30. The minimum Gasteiger partial charge on any atom is -0.384 e. The molecule has 7 nitrogen and oxygen atoms in total. The van der Waals surface area contributed by atoms with E-state index in [0.717, 1.165) is 36.5 Å². The molecular weight excluding hydrogens is 276 g/mol. The number of anilines is 1. The first kappa shape index (κ1) is 12.0. The van der Waals surface area contributed by atoms with E-state index in [1.165, 1.54) is 11.8 Å². The van der Waals surface area contributed by atoms with Gasteiger partial charge in [-0.15, -0.1) is 5.10 Å². The zero-order valence-corrected chi connectivity index (χ0v) is 11.6. The monoisotopic (exact) mass is 290 g/mol. The van der Waals surface area contributed by atoms with Crippen LogP contribution in [0.2, 0.25) is 0 Å². The molecule has 20 heavy (non-hydrogen) atoms. The lowest BCUT2D eigenvalue weighted by atomic mass is 10.4. The van der Waals surface area contributed by atoms with E-state index in [9.17, 15) is 4.79 Å². The Labute approximate surface area is 119 Å². The van der Waals surface area contributed by atoms with E-state index in [-0.39, 0.29) is 11.7 Å². The van der Waals surface area contributed by atoms with Gasteiger partial charge in [0.1, 0.15) is 16.7 Å². The molecule has 2 aromatic rings. The molecule has 2 aromatic heterocycles. The van der Waals surface area contributed by atoms with E-state index in [2.05, 4.69) is 20.2 Å². The van der Waals surface area contributed by atoms with Crippen molar-refractivity contribution >= 4 is 17.6 Å². The highest BCUT2D eigenvalue weighted by Gasteiger charge is 2.30. The third kappa shape index (κ3) is 2.20. The second-order valence-corrected chi connectivity index (χ2v) is 6.27. The minimum atomic E-state index is -0.153. The molecule has 3 N–H and O–H groups in total. The molecule has 2 aliphatic carbocycles. The van der Waals surface area contributed by atoms with E-state index >= 15 is 0 Å². The van der Waals surface area contributed by atoms with Gasteiger partial charge in [0.2, 0.25) is 0 Å². The molecule has 0 radical (unpaired) electrons. The summed E-state index contributed by atoms with van der Waals surface area (Å²) >= 11 is 1.37. The van der Waals surface area contributed by atoms with Crippen molar-refractivity contribution in [2.45, 2.75) is 47.8 Å². The van der Waals surface area contributed by atoms with Gasteiger partial charge in [0.05, 0.1) is 0 Å². The van der Waals surface area contributed by atoms with Crippen molar-refractivity contribution in [3.8, 4) is 0 Å². The molecule has 0 bridgehead atoms. The smallest absolute Gasteiger partial charge is 0.344 e. The third-order valence-corrected chi connectivity index (χ3v) is 4.35. The number of aromatic nitrogens is 5. The van der Waals surface area contributed by atoms with Crippen LogP contribution in [-0.2, 0) is 0 Å². The first-order chi connectivity index (χ1) is 9.70. The number of hydrogen-bond acceptors (Lipinski definition) is 6. The standard InChI is InChI=1S/C12H14N6OS/c13-8-5-9(15-10(14-8)6-1-2-6)20-12-17-16-11(19)18(12)7-3-4-7/h5-7H,1-4H2,(H,16,19)(H2,13,14,15). The van der Waals surface area contributed by atoms with Crippen LogP contribution in [0.4, 0.5) is 5.82 Å². The number of hydrogen-bond donors (Lipinski definition) is 2. The van der Waals surface area contributed by atoms with E-state index in [1.54, 1.807) is 10.6 Å². The second kappa shape index (κ2) is 4.34. The largest absolute Gasteiger partial charge is 0.384 e. The summed E-state index contributed by atoms with van der Waals surface area (Å²) in [6.45, 7) is 0. The topological polar surface area (TPSA) is 102 Å². The predicted octanol–water partition coefficient (Wildman–Crippen LogP) is 1.31. The molecule has 2 aliphatic rings. The molecule has 0 atom stereocenters. The fourth-order valence-corrected chi connectivity index (χ4v) is 3.08. The maximum atomic E-state index is 11.7. The highest BCUT2D eigenvalue weighted by molar-refractivity contribution is 7.99. The van der Waals surface area contributed by atoms with Gasteiger partial charge in [0.15, 0.2) is 5.16 Å². The quantitative estimate of drug-likeness (QED) is 0.823. The zero-order valence-electron chi connectivity index (χ0n) is 10.7. The van der Waals surface area contributed by atoms with Crippen molar-refractivity contribution < 1.29 is 0 Å². The van der Waals surface area contributed by atoms with E-state index in [1.807, 2.05) is 0 Å². The summed E-state index contributed by atoms with van der Waals surface area (Å²) < 4.78 is 1.71. The maximum Gasteiger partial charge on any atom is 0.344 e. The summed E-state index contributed by atoms with van der Waals surface area (Å²) in [6, 6.07) is 2.01. The zero-order chi connectivity index (χ0) is 13.7. The summed E-state index contributed by atoms with van der Waals surface area (Å²) in [5, 5.41) is 7.98. The van der Waals surface area contributed by atoms with Crippen LogP contribution < -0.4 is 11.4 Å². The van der Waals surface area contributed by atoms with Gasteiger partial charge < -0.3 is 5.73 Å². The average molecular weight is 290 g/mol. The number of nitrogen functional groups attached to an aromatic ring is 1. The number of nitrogens with two attached hydrogens (primary N) is 1. The summed E-state index contributed by atoms with van der Waals surface area (Å²) in [5.41, 5.74) is 5.68. The lowest BCUT2D eigenvalue weighted by Crippen LogP contribution is -2.16. The Kier molecular flexibility index (Phi) is 2.59. The molecule has 0 spiro atoms. The molecule has 104 valence electrons. The number of nitrogens with zero attached hydrogens (tertiary/aromatic N) is 4. The van der Waals surface area contributed by atoms with Gasteiger partial charge in [-0.2, -0.15) is 0 Å². The van der Waals surface area contributed by atoms with Crippen LogP contribution >= 0.6 is 11.8 Å². The van der Waals surface area contributed by atoms with Crippen LogP contribution in [-0.4, -0.2) is 24.7 Å². The van der Waals surface area contributed by atoms with E-state index in [0.29, 0.717) is 16.9 Å². The Morgan fingerprint density at radius 1 is 1.30 bits per heavy atom. The molecule has 0 aromatic carbocycles. The highest BCUT2D eigenvalue weighted by Crippen LogP contribution is 2.40. The number of rotatable bonds is 4. The lowest BCUT2D eigenvalue weighted by molar-refractivity contribution is 0.642. The molecule has 2 heterocycles. The molecule has 2 saturated carbocycles. The van der Waals surface area contributed by atoms with E-state index in [4.69, 9.17) is 5.73 Å². The van der Waals surface area contributed by atoms with Gasteiger partial charge in [0, 0.05) is 18.0 Å². The molecule has 0 unspecified atom stereocenters. The van der Waals surface area contributed by atoms with Crippen molar-refractivity contribution in [2.24, 2.45) is 0 Å². The van der Waals surface area contributed by atoms with Crippen LogP contribution in [0.5, 0.6) is 0 Å². The van der Waals surface area contributed by atoms with Gasteiger partial charge in [-0.05, 0) is 37.4 Å². The van der Waals surface area contributed by atoms with Crippen LogP contribution in [0.3, 0.4) is 0 Å². The molecule has 2 fully saturated rings. The van der Waals surface area contributed by atoms with Crippen molar-refractivity contribution in [2.75, 3.05) is 5.73 Å². The van der Waals surface area contributed by atoms with Gasteiger partial charge in [-0.3, -0.25) is 4.57 Å². The van der Waals surface area contributed by atoms with Crippen molar-refractivity contribution in [1.82, 2.24) is 24.7 Å². The summed E-state index contributed by atoms with van der Waals surface area (Å²) in [4.78, 5) is 20.5. The van der Waals surface area contributed by atoms with Gasteiger partial charge >= 0.3 is 5.69 Å². The van der Waals surface area contributed by atoms with Crippen LogP contribution in [0, 0.1) is 0 Å². The Bertz CT molecular complexity index is 715. The van der Waals surface area contributed by atoms with Crippen molar-refractivity contribution in [3.63, 3.8) is 0 Å². The molecule has 0 saturated heterocycles. The van der Waals surface area contributed by atoms with Crippen molar-refractivity contribution in [1.29, 1.82) is 0 Å². The van der Waals surface area contributed by atoms with Crippen molar-refractivity contribution in [3.05, 3.63) is 22.4 Å². The number of nitrogens with one attached hydrogen (secondary N) is 1. The highest BCUT2D eigenvalue weighted by atomic mass is 32.2. The Morgan fingerprint density at radius 2 is 2.10 bits per heavy atom. The van der Waals surface area contributed by atoms with Gasteiger partial charge in [-0.1, -0.05) is 0 Å². The van der Waals surface area contributed by atoms with Gasteiger partial charge in [0.25, 0.3) is 0 Å². The minimum absolute atomic E-state index is 0.153. The summed E-state index contributed by atoms with van der Waals surface area (Å²) in [7, 11) is 0. The van der Waals surface area contributed by atoms with Crippen LogP contribution in [0.25, 0.3) is 0 Å². The van der Waals surface area contributed by atoms with Crippen LogP contribution in [0.1, 0.15) is 43.5 Å². The molecule has 0 aliphatic heterocycles. The summed E-state index contributed by atoms with van der Waals surface area (Å²) in [5.74, 6) is 1.73. The Hall–Kier alpha value is -1.83. The fraction of sp³-hybridized carbons (Fsp3) is 0.500. The lowest BCUT2D eigenvalue weighted by Gasteiger charge is -2.05. The SMILES string of the molecule is Nc1cc(Sc2n[nH]c(=O)n2C2CC2)nc(C2CC2)n1. The second-order valence-electron chi connectivity index (χ2n) is 5.28. The molecule has 4 rings (SSSR count). The molecular formula is C12H14N6OS. The Balaban J connectivity index is 1.67. The maximum absolute atomic E-state index is 11.7. The molecule has 0 amide bonds. The number of H-pyrrole nitrogens is 1. The number of aromatic amines is 1. The molecule has 8 heteroatoms. The van der Waals surface area contributed by atoms with Crippen LogP contribution in [0.15, 0.2) is 21.0 Å². The third-order valence-electron chi connectivity index (χ3n) is 3.46. The van der Waals surface area contributed by atoms with E-state index < -0.39 is 0 Å².